The summed E-state index contributed by atoms with van der Waals surface area (Å²) in [4.78, 5) is 0. The van der Waals surface area contributed by atoms with Gasteiger partial charge in [0, 0.05) is 12.6 Å². The van der Waals surface area contributed by atoms with Gasteiger partial charge in [-0.2, -0.15) is 0 Å². The summed E-state index contributed by atoms with van der Waals surface area (Å²) in [6.07, 6.45) is 6.53. The van der Waals surface area contributed by atoms with Crippen molar-refractivity contribution in [1.82, 2.24) is 5.32 Å². The smallest absolute Gasteiger partial charge is 0.0778 e. The van der Waals surface area contributed by atoms with Gasteiger partial charge < -0.3 is 10.1 Å². The van der Waals surface area contributed by atoms with Gasteiger partial charge in [0.2, 0.25) is 0 Å². The van der Waals surface area contributed by atoms with Crippen molar-refractivity contribution in [3.63, 3.8) is 0 Å². The van der Waals surface area contributed by atoms with Gasteiger partial charge >= 0.3 is 0 Å². The molecule has 110 valence electrons. The number of ether oxygens (including phenoxy) is 1. The largest absolute Gasteiger partial charge is 0.374 e. The van der Waals surface area contributed by atoms with Crippen molar-refractivity contribution in [2.75, 3.05) is 13.2 Å². The lowest BCUT2D eigenvalue weighted by Crippen LogP contribution is -2.49. The topological polar surface area (TPSA) is 21.3 Å². The average molecular weight is 257 g/mol. The lowest BCUT2D eigenvalue weighted by Gasteiger charge is -2.37. The highest BCUT2D eigenvalue weighted by Gasteiger charge is 2.30. The molecule has 0 aromatic carbocycles. The molecule has 0 amide bonds. The van der Waals surface area contributed by atoms with E-state index in [-0.39, 0.29) is 5.60 Å². The molecule has 0 spiro atoms. The highest BCUT2D eigenvalue weighted by atomic mass is 16.5. The summed E-state index contributed by atoms with van der Waals surface area (Å²) in [6.45, 7) is 15.1. The molecule has 0 saturated carbocycles. The van der Waals surface area contributed by atoms with Crippen LogP contribution in [0.4, 0.5) is 0 Å². The molecule has 0 aromatic rings. The Balaban J connectivity index is 4.47. The van der Waals surface area contributed by atoms with Gasteiger partial charge in [0.1, 0.15) is 0 Å². The Labute approximate surface area is 115 Å². The molecule has 0 aliphatic heterocycles. The third-order valence-corrected chi connectivity index (χ3v) is 3.92. The van der Waals surface area contributed by atoms with Gasteiger partial charge in [-0.1, -0.05) is 46.5 Å². The molecule has 0 heterocycles. The molecule has 0 saturated heterocycles. The molecular formula is C16H35NO. The molecule has 2 unspecified atom stereocenters. The van der Waals surface area contributed by atoms with E-state index < -0.39 is 0 Å². The maximum absolute atomic E-state index is 5.93. The summed E-state index contributed by atoms with van der Waals surface area (Å²) in [7, 11) is 0. The van der Waals surface area contributed by atoms with Crippen LogP contribution in [0.1, 0.15) is 73.6 Å². The summed E-state index contributed by atoms with van der Waals surface area (Å²) in [5, 5.41) is 3.62. The first kappa shape index (κ1) is 17.9. The van der Waals surface area contributed by atoms with Crippen molar-refractivity contribution in [2.24, 2.45) is 5.92 Å². The van der Waals surface area contributed by atoms with Crippen molar-refractivity contribution in [1.29, 1.82) is 0 Å². The van der Waals surface area contributed by atoms with Crippen LogP contribution in [0.5, 0.6) is 0 Å². The Hall–Kier alpha value is -0.0800. The Morgan fingerprint density at radius 3 is 2.22 bits per heavy atom. The Morgan fingerprint density at radius 1 is 1.11 bits per heavy atom. The molecular weight excluding hydrogens is 222 g/mol. The third kappa shape index (κ3) is 6.75. The van der Waals surface area contributed by atoms with Gasteiger partial charge in [-0.25, -0.2) is 0 Å². The summed E-state index contributed by atoms with van der Waals surface area (Å²) >= 11 is 0. The Kier molecular flexibility index (Phi) is 9.76. The first-order valence-electron chi connectivity index (χ1n) is 7.89. The monoisotopic (exact) mass is 257 g/mol. The second kappa shape index (κ2) is 9.80. The highest BCUT2D eigenvalue weighted by molar-refractivity contribution is 4.87. The fourth-order valence-corrected chi connectivity index (χ4v) is 2.65. The van der Waals surface area contributed by atoms with Gasteiger partial charge in [0.05, 0.1) is 5.60 Å². The van der Waals surface area contributed by atoms with E-state index in [4.69, 9.17) is 4.74 Å². The van der Waals surface area contributed by atoms with Gasteiger partial charge in [-0.3, -0.25) is 0 Å². The average Bonchev–Trinajstić information content (AvgIpc) is 2.33. The quantitative estimate of drug-likeness (QED) is 0.593. The van der Waals surface area contributed by atoms with Crippen molar-refractivity contribution in [2.45, 2.75) is 85.3 Å². The van der Waals surface area contributed by atoms with Crippen molar-refractivity contribution < 1.29 is 4.74 Å². The fraction of sp³-hybridized carbons (Fsp3) is 1.00. The summed E-state index contributed by atoms with van der Waals surface area (Å²) in [5.74, 6) is 0.828. The minimum Gasteiger partial charge on any atom is -0.374 e. The third-order valence-electron chi connectivity index (χ3n) is 3.92. The summed E-state index contributed by atoms with van der Waals surface area (Å²) in [5.41, 5.74) is -0.0651. The van der Waals surface area contributed by atoms with E-state index >= 15 is 0 Å². The Bertz CT molecular complexity index is 192. The molecule has 2 atom stereocenters. The van der Waals surface area contributed by atoms with Gasteiger partial charge in [-0.05, 0) is 39.7 Å². The predicted octanol–water partition coefficient (Wildman–Crippen LogP) is 4.39. The molecule has 0 radical (unpaired) electrons. The fourth-order valence-electron chi connectivity index (χ4n) is 2.65. The lowest BCUT2D eigenvalue weighted by molar-refractivity contribution is -0.0437. The van der Waals surface area contributed by atoms with Crippen LogP contribution in [-0.2, 0) is 4.74 Å². The van der Waals surface area contributed by atoms with Crippen LogP contribution in [0.25, 0.3) is 0 Å². The van der Waals surface area contributed by atoms with E-state index in [0.29, 0.717) is 6.04 Å². The molecule has 1 N–H and O–H groups in total. The zero-order valence-corrected chi connectivity index (χ0v) is 13.5. The highest BCUT2D eigenvalue weighted by Crippen LogP contribution is 2.25. The molecule has 0 aliphatic rings. The predicted molar refractivity (Wildman–Crippen MR) is 81.1 cm³/mol. The maximum atomic E-state index is 5.93. The van der Waals surface area contributed by atoms with Crippen LogP contribution < -0.4 is 5.32 Å². The number of hydrogen-bond donors (Lipinski definition) is 1. The van der Waals surface area contributed by atoms with Crippen LogP contribution in [-0.4, -0.2) is 24.8 Å². The molecule has 2 heteroatoms. The van der Waals surface area contributed by atoms with Crippen LogP contribution in [0.3, 0.4) is 0 Å². The SMILES string of the molecule is CCCCC(CC)CC(NCC)C(C)(C)OCC. The first-order chi connectivity index (χ1) is 8.51. The van der Waals surface area contributed by atoms with Gasteiger partial charge in [-0.15, -0.1) is 0 Å². The van der Waals surface area contributed by atoms with E-state index in [0.717, 1.165) is 19.1 Å². The zero-order valence-electron chi connectivity index (χ0n) is 13.5. The molecule has 0 rings (SSSR count). The number of rotatable bonds is 11. The van der Waals surface area contributed by atoms with E-state index in [2.05, 4.69) is 46.9 Å². The van der Waals surface area contributed by atoms with Crippen molar-refractivity contribution >= 4 is 0 Å². The van der Waals surface area contributed by atoms with Crippen LogP contribution in [0, 0.1) is 5.92 Å². The second-order valence-electron chi connectivity index (χ2n) is 5.80. The molecule has 2 nitrogen and oxygen atoms in total. The van der Waals surface area contributed by atoms with E-state index in [1.54, 1.807) is 0 Å². The molecule has 18 heavy (non-hydrogen) atoms. The molecule has 0 bridgehead atoms. The minimum atomic E-state index is -0.0651. The van der Waals surface area contributed by atoms with Gasteiger partial charge in [0.15, 0.2) is 0 Å². The molecule has 0 fully saturated rings. The van der Waals surface area contributed by atoms with Crippen molar-refractivity contribution in [3.05, 3.63) is 0 Å². The zero-order chi connectivity index (χ0) is 14.0. The summed E-state index contributed by atoms with van der Waals surface area (Å²) < 4.78 is 5.93. The number of hydrogen-bond acceptors (Lipinski definition) is 2. The van der Waals surface area contributed by atoms with Crippen LogP contribution >= 0.6 is 0 Å². The van der Waals surface area contributed by atoms with Gasteiger partial charge in [0.25, 0.3) is 0 Å². The van der Waals surface area contributed by atoms with E-state index in [1.807, 2.05) is 0 Å². The molecule has 0 aromatic heterocycles. The number of nitrogens with one attached hydrogen (secondary N) is 1. The number of unbranched alkanes of at least 4 members (excludes halogenated alkanes) is 1. The number of likely N-dealkylation sites (N-methyl/N-ethyl adjacent to an activating group) is 1. The van der Waals surface area contributed by atoms with Crippen molar-refractivity contribution in [3.8, 4) is 0 Å². The second-order valence-corrected chi connectivity index (χ2v) is 5.80. The minimum absolute atomic E-state index is 0.0651. The molecule has 0 aliphatic carbocycles. The Morgan fingerprint density at radius 2 is 1.78 bits per heavy atom. The maximum Gasteiger partial charge on any atom is 0.0778 e. The normalized spacial score (nSPS) is 15.7. The standard InChI is InChI=1S/C16H35NO/c1-7-11-12-14(8-2)13-15(17-9-3)16(5,6)18-10-4/h14-15,17H,7-13H2,1-6H3. The van der Waals surface area contributed by atoms with E-state index in [1.165, 1.54) is 32.1 Å². The van der Waals surface area contributed by atoms with Crippen LogP contribution in [0.2, 0.25) is 0 Å². The van der Waals surface area contributed by atoms with E-state index in [9.17, 15) is 0 Å². The summed E-state index contributed by atoms with van der Waals surface area (Å²) in [6, 6.07) is 0.462. The lowest BCUT2D eigenvalue weighted by atomic mass is 9.85. The van der Waals surface area contributed by atoms with Crippen LogP contribution in [0.15, 0.2) is 0 Å². The first-order valence-corrected chi connectivity index (χ1v) is 7.89.